The average molecular weight is 307 g/mol. The van der Waals surface area contributed by atoms with E-state index in [0.29, 0.717) is 0 Å². The van der Waals surface area contributed by atoms with Crippen LogP contribution in [0.3, 0.4) is 0 Å². The van der Waals surface area contributed by atoms with Crippen molar-refractivity contribution in [3.8, 4) is 5.75 Å². The van der Waals surface area contributed by atoms with Crippen molar-refractivity contribution in [2.75, 3.05) is 26.2 Å². The van der Waals surface area contributed by atoms with Crippen LogP contribution in [-0.4, -0.2) is 40.7 Å². The Balaban J connectivity index is 2.28. The van der Waals surface area contributed by atoms with E-state index in [-0.39, 0.29) is 0 Å². The number of benzene rings is 1. The number of imidazole rings is 1. The normalized spacial score (nSPS) is 11.4. The summed E-state index contributed by atoms with van der Waals surface area (Å²) in [7, 11) is 0. The molecule has 0 saturated heterocycles. The second-order valence-electron chi connectivity index (χ2n) is 5.11. The van der Waals surface area contributed by atoms with Gasteiger partial charge in [-0.1, -0.05) is 26.8 Å². The van der Waals surface area contributed by atoms with E-state index < -0.39 is 0 Å². The fourth-order valence-electron chi connectivity index (χ4n) is 2.49. The van der Waals surface area contributed by atoms with Gasteiger partial charge in [0.15, 0.2) is 4.77 Å². The molecule has 0 unspecified atom stereocenters. The highest BCUT2D eigenvalue weighted by molar-refractivity contribution is 7.71. The summed E-state index contributed by atoms with van der Waals surface area (Å²) in [5.74, 6) is 0.891. The lowest BCUT2D eigenvalue weighted by Gasteiger charge is -2.18. The van der Waals surface area contributed by atoms with Gasteiger partial charge >= 0.3 is 0 Å². The molecule has 0 radical (unpaired) electrons. The van der Waals surface area contributed by atoms with E-state index in [0.717, 1.165) is 60.8 Å². The van der Waals surface area contributed by atoms with Crippen molar-refractivity contribution >= 4 is 23.3 Å². The van der Waals surface area contributed by atoms with Gasteiger partial charge in [0.2, 0.25) is 0 Å². The first-order valence-electron chi connectivity index (χ1n) is 7.77. The summed E-state index contributed by atoms with van der Waals surface area (Å²) in [6.45, 7) is 11.3. The number of nitrogens with one attached hydrogen (secondary N) is 1. The van der Waals surface area contributed by atoms with Gasteiger partial charge in [-0.25, -0.2) is 0 Å². The van der Waals surface area contributed by atoms with Crippen molar-refractivity contribution < 1.29 is 4.74 Å². The lowest BCUT2D eigenvalue weighted by molar-refractivity contribution is 0.291. The van der Waals surface area contributed by atoms with Crippen LogP contribution in [-0.2, 0) is 6.54 Å². The Kier molecular flexibility index (Phi) is 5.82. The summed E-state index contributed by atoms with van der Waals surface area (Å²) in [5, 5.41) is 0. The van der Waals surface area contributed by atoms with E-state index in [1.807, 2.05) is 12.1 Å². The number of ether oxygens (including phenoxy) is 1. The zero-order valence-electron chi connectivity index (χ0n) is 13.2. The first kappa shape index (κ1) is 16.0. The predicted octanol–water partition coefficient (Wildman–Crippen LogP) is 3.83. The molecule has 0 spiro atoms. The predicted molar refractivity (Wildman–Crippen MR) is 90.7 cm³/mol. The van der Waals surface area contributed by atoms with Crippen molar-refractivity contribution in [3.63, 3.8) is 0 Å². The SMILES string of the molecule is CCCOc1cccc2c1[nH]c(=S)n2CCN(CC)CC. The summed E-state index contributed by atoms with van der Waals surface area (Å²) in [4.78, 5) is 5.70. The molecule has 0 saturated carbocycles. The Bertz CT molecular complexity index is 628. The average Bonchev–Trinajstić information content (AvgIpc) is 2.82. The van der Waals surface area contributed by atoms with Gasteiger partial charge < -0.3 is 19.2 Å². The quantitative estimate of drug-likeness (QED) is 0.752. The molecule has 0 amide bonds. The van der Waals surface area contributed by atoms with E-state index >= 15 is 0 Å². The van der Waals surface area contributed by atoms with Gasteiger partial charge in [-0.05, 0) is 43.9 Å². The molecular formula is C16H25N3OS. The highest BCUT2D eigenvalue weighted by Crippen LogP contribution is 2.25. The van der Waals surface area contributed by atoms with E-state index in [9.17, 15) is 0 Å². The summed E-state index contributed by atoms with van der Waals surface area (Å²) in [6.07, 6.45) is 1.000. The van der Waals surface area contributed by atoms with Crippen LogP contribution in [0.5, 0.6) is 5.75 Å². The third kappa shape index (κ3) is 3.66. The number of likely N-dealkylation sites (N-methyl/N-ethyl adjacent to an activating group) is 1. The minimum atomic E-state index is 0.727. The van der Waals surface area contributed by atoms with Gasteiger partial charge in [-0.15, -0.1) is 0 Å². The molecule has 1 heterocycles. The van der Waals surface area contributed by atoms with Crippen LogP contribution in [0.1, 0.15) is 27.2 Å². The third-order valence-electron chi connectivity index (χ3n) is 3.77. The van der Waals surface area contributed by atoms with Crippen LogP contribution in [0.4, 0.5) is 0 Å². The molecule has 0 bridgehead atoms. The van der Waals surface area contributed by atoms with Gasteiger partial charge in [-0.3, -0.25) is 0 Å². The molecule has 1 aromatic carbocycles. The van der Waals surface area contributed by atoms with Crippen molar-refractivity contribution in [2.45, 2.75) is 33.7 Å². The first-order valence-corrected chi connectivity index (χ1v) is 8.18. The lowest BCUT2D eigenvalue weighted by Crippen LogP contribution is -2.27. The minimum absolute atomic E-state index is 0.727. The van der Waals surface area contributed by atoms with Crippen LogP contribution in [0.2, 0.25) is 0 Å². The maximum Gasteiger partial charge on any atom is 0.178 e. The van der Waals surface area contributed by atoms with Crippen molar-refractivity contribution in [1.82, 2.24) is 14.5 Å². The first-order chi connectivity index (χ1) is 10.2. The Morgan fingerprint density at radius 2 is 2.00 bits per heavy atom. The van der Waals surface area contributed by atoms with E-state index in [4.69, 9.17) is 17.0 Å². The summed E-state index contributed by atoms with van der Waals surface area (Å²) >= 11 is 5.48. The Morgan fingerprint density at radius 3 is 2.67 bits per heavy atom. The summed E-state index contributed by atoms with van der Waals surface area (Å²) in [5.41, 5.74) is 2.14. The van der Waals surface area contributed by atoms with Crippen LogP contribution in [0, 0.1) is 4.77 Å². The number of para-hydroxylation sites is 1. The number of nitrogens with zero attached hydrogens (tertiary/aromatic N) is 2. The van der Waals surface area contributed by atoms with Gasteiger partial charge in [0.25, 0.3) is 0 Å². The van der Waals surface area contributed by atoms with Crippen LogP contribution < -0.4 is 4.74 Å². The van der Waals surface area contributed by atoms with Crippen molar-refractivity contribution in [3.05, 3.63) is 23.0 Å². The van der Waals surface area contributed by atoms with E-state index in [1.165, 1.54) is 0 Å². The summed E-state index contributed by atoms with van der Waals surface area (Å²) < 4.78 is 8.74. The Morgan fingerprint density at radius 1 is 1.24 bits per heavy atom. The number of fused-ring (bicyclic) bond motifs is 1. The highest BCUT2D eigenvalue weighted by Gasteiger charge is 2.10. The Hall–Kier alpha value is -1.33. The monoisotopic (exact) mass is 307 g/mol. The maximum absolute atomic E-state index is 5.80. The molecule has 2 aromatic rings. The maximum atomic E-state index is 5.80. The molecule has 0 fully saturated rings. The van der Waals surface area contributed by atoms with Crippen LogP contribution in [0.25, 0.3) is 11.0 Å². The van der Waals surface area contributed by atoms with Gasteiger partial charge in [-0.2, -0.15) is 0 Å². The van der Waals surface area contributed by atoms with Crippen molar-refractivity contribution in [1.29, 1.82) is 0 Å². The van der Waals surface area contributed by atoms with E-state index in [2.05, 4.69) is 41.3 Å². The smallest absolute Gasteiger partial charge is 0.178 e. The molecular weight excluding hydrogens is 282 g/mol. The highest BCUT2D eigenvalue weighted by atomic mass is 32.1. The minimum Gasteiger partial charge on any atom is -0.491 e. The van der Waals surface area contributed by atoms with Gasteiger partial charge in [0.05, 0.1) is 12.1 Å². The lowest BCUT2D eigenvalue weighted by atomic mass is 10.3. The topological polar surface area (TPSA) is 33.2 Å². The fraction of sp³-hybridized carbons (Fsp3) is 0.562. The zero-order valence-corrected chi connectivity index (χ0v) is 14.0. The van der Waals surface area contributed by atoms with Crippen LogP contribution in [0.15, 0.2) is 18.2 Å². The largest absolute Gasteiger partial charge is 0.491 e. The number of hydrogen-bond donors (Lipinski definition) is 1. The number of rotatable bonds is 8. The molecule has 2 rings (SSSR count). The molecule has 0 aliphatic heterocycles. The number of H-pyrrole nitrogens is 1. The second-order valence-corrected chi connectivity index (χ2v) is 5.49. The molecule has 1 aromatic heterocycles. The molecule has 116 valence electrons. The fourth-order valence-corrected chi connectivity index (χ4v) is 2.78. The molecule has 0 aliphatic rings. The van der Waals surface area contributed by atoms with Gasteiger partial charge in [0.1, 0.15) is 11.3 Å². The molecule has 0 atom stereocenters. The third-order valence-corrected chi connectivity index (χ3v) is 4.09. The number of aromatic nitrogens is 2. The molecule has 21 heavy (non-hydrogen) atoms. The number of aromatic amines is 1. The molecule has 1 N–H and O–H groups in total. The summed E-state index contributed by atoms with van der Waals surface area (Å²) in [6, 6.07) is 6.13. The standard InChI is InChI=1S/C16H25N3OS/c1-4-12-20-14-9-7-8-13-15(14)17-16(21)19(13)11-10-18(5-2)6-3/h7-9H,4-6,10-12H2,1-3H3,(H,17,21). The number of hydrogen-bond acceptors (Lipinski definition) is 3. The Labute approximate surface area is 131 Å². The van der Waals surface area contributed by atoms with Crippen LogP contribution >= 0.6 is 12.2 Å². The second kappa shape index (κ2) is 7.61. The molecule has 5 heteroatoms. The van der Waals surface area contributed by atoms with Gasteiger partial charge in [0, 0.05) is 13.1 Å². The molecule has 0 aliphatic carbocycles. The molecule has 4 nitrogen and oxygen atoms in total. The van der Waals surface area contributed by atoms with Crippen molar-refractivity contribution in [2.24, 2.45) is 0 Å². The van der Waals surface area contributed by atoms with E-state index in [1.54, 1.807) is 0 Å². The zero-order chi connectivity index (χ0) is 15.2.